The summed E-state index contributed by atoms with van der Waals surface area (Å²) in [5.74, 6) is -0.694. The summed E-state index contributed by atoms with van der Waals surface area (Å²) >= 11 is 0. The number of hydrazine groups is 1. The molecule has 120 valence electrons. The lowest BCUT2D eigenvalue weighted by molar-refractivity contribution is 0.0846. The third-order valence-electron chi connectivity index (χ3n) is 3.40. The fourth-order valence-corrected chi connectivity index (χ4v) is 2.29. The van der Waals surface area contributed by atoms with Crippen LogP contribution >= 0.6 is 0 Å². The molecule has 5 nitrogen and oxygen atoms in total. The Morgan fingerprint density at radius 3 is 1.96 bits per heavy atom. The van der Waals surface area contributed by atoms with E-state index in [1.54, 1.807) is 30.3 Å². The van der Waals surface area contributed by atoms with Crippen LogP contribution in [0, 0.1) is 13.8 Å². The van der Waals surface area contributed by atoms with Crippen LogP contribution < -0.4 is 15.8 Å². The molecule has 0 unspecified atom stereocenters. The lowest BCUT2D eigenvalue weighted by Crippen LogP contribution is -2.41. The molecule has 2 N–H and O–H groups in total. The number of carbonyl (C=O) groups is 2. The fraction of sp³-hybridized carbons (Fsp3) is 0.222. The zero-order chi connectivity index (χ0) is 17.0. The van der Waals surface area contributed by atoms with Crippen molar-refractivity contribution in [3.8, 4) is 0 Å². The van der Waals surface area contributed by atoms with Crippen molar-refractivity contribution >= 4 is 17.5 Å². The average molecular weight is 311 g/mol. The van der Waals surface area contributed by atoms with Gasteiger partial charge < -0.3 is 4.90 Å². The summed E-state index contributed by atoms with van der Waals surface area (Å²) in [5.41, 5.74) is 8.81. The molecule has 2 rings (SSSR count). The number of nitrogens with zero attached hydrogens (tertiary/aromatic N) is 1. The minimum Gasteiger partial charge on any atom is -0.378 e. The molecule has 0 aliphatic carbocycles. The van der Waals surface area contributed by atoms with Crippen LogP contribution in [0.15, 0.2) is 42.5 Å². The molecule has 0 aliphatic rings. The third kappa shape index (κ3) is 4.32. The minimum absolute atomic E-state index is 0.339. The van der Waals surface area contributed by atoms with E-state index < -0.39 is 0 Å². The number of hydrogen-bond donors (Lipinski definition) is 2. The SMILES string of the molecule is Cc1cc(C)cc(C(=O)NNC(=O)c2cccc(N(C)C)c2)c1. The molecular weight excluding hydrogens is 290 g/mol. The average Bonchev–Trinajstić information content (AvgIpc) is 2.51. The molecule has 2 amide bonds. The van der Waals surface area contributed by atoms with E-state index in [2.05, 4.69) is 10.9 Å². The molecule has 0 atom stereocenters. The van der Waals surface area contributed by atoms with Gasteiger partial charge in [0, 0.05) is 30.9 Å². The van der Waals surface area contributed by atoms with Crippen molar-refractivity contribution < 1.29 is 9.59 Å². The van der Waals surface area contributed by atoms with Crippen molar-refractivity contribution in [2.45, 2.75) is 13.8 Å². The number of rotatable bonds is 3. The van der Waals surface area contributed by atoms with E-state index in [0.717, 1.165) is 16.8 Å². The Bertz CT molecular complexity index is 719. The molecular formula is C18H21N3O2. The number of amides is 2. The Labute approximate surface area is 136 Å². The van der Waals surface area contributed by atoms with Gasteiger partial charge in [-0.25, -0.2) is 0 Å². The lowest BCUT2D eigenvalue weighted by Gasteiger charge is -2.14. The van der Waals surface area contributed by atoms with Crippen molar-refractivity contribution in [3.05, 3.63) is 64.7 Å². The lowest BCUT2D eigenvalue weighted by atomic mass is 10.1. The maximum absolute atomic E-state index is 12.1. The molecule has 0 saturated heterocycles. The van der Waals surface area contributed by atoms with Gasteiger partial charge in [0.25, 0.3) is 11.8 Å². The van der Waals surface area contributed by atoms with Crippen LogP contribution in [0.1, 0.15) is 31.8 Å². The molecule has 2 aromatic rings. The highest BCUT2D eigenvalue weighted by atomic mass is 16.2. The predicted molar refractivity (Wildman–Crippen MR) is 91.6 cm³/mol. The van der Waals surface area contributed by atoms with Crippen molar-refractivity contribution in [1.82, 2.24) is 10.9 Å². The van der Waals surface area contributed by atoms with Crippen molar-refractivity contribution in [1.29, 1.82) is 0 Å². The van der Waals surface area contributed by atoms with E-state index in [1.807, 2.05) is 45.0 Å². The number of anilines is 1. The second-order valence-electron chi connectivity index (χ2n) is 5.73. The predicted octanol–water partition coefficient (Wildman–Crippen LogP) is 2.44. The highest BCUT2D eigenvalue weighted by Gasteiger charge is 2.10. The van der Waals surface area contributed by atoms with Gasteiger partial charge in [0.1, 0.15) is 0 Å². The van der Waals surface area contributed by atoms with Crippen LogP contribution in [0.3, 0.4) is 0 Å². The van der Waals surface area contributed by atoms with Gasteiger partial charge in [-0.3, -0.25) is 20.4 Å². The Kier molecular flexibility index (Phi) is 5.01. The van der Waals surface area contributed by atoms with E-state index >= 15 is 0 Å². The Morgan fingerprint density at radius 1 is 0.826 bits per heavy atom. The van der Waals surface area contributed by atoms with Crippen LogP contribution in [0.25, 0.3) is 0 Å². The molecule has 0 heterocycles. The van der Waals surface area contributed by atoms with Crippen LogP contribution in [0.4, 0.5) is 5.69 Å². The quantitative estimate of drug-likeness (QED) is 0.856. The van der Waals surface area contributed by atoms with E-state index in [0.29, 0.717) is 11.1 Å². The van der Waals surface area contributed by atoms with E-state index in [4.69, 9.17) is 0 Å². The molecule has 0 spiro atoms. The zero-order valence-electron chi connectivity index (χ0n) is 13.8. The van der Waals surface area contributed by atoms with Crippen LogP contribution in [-0.2, 0) is 0 Å². The molecule has 23 heavy (non-hydrogen) atoms. The first kappa shape index (κ1) is 16.5. The molecule has 5 heteroatoms. The molecule has 0 aliphatic heterocycles. The summed E-state index contributed by atoms with van der Waals surface area (Å²) in [4.78, 5) is 26.2. The highest BCUT2D eigenvalue weighted by Crippen LogP contribution is 2.13. The number of benzene rings is 2. The standard InChI is InChI=1S/C18H21N3O2/c1-12-8-13(2)10-15(9-12)18(23)20-19-17(22)14-6-5-7-16(11-14)21(3)4/h5-11H,1-4H3,(H,19,22)(H,20,23). The summed E-state index contributed by atoms with van der Waals surface area (Å²) in [6.45, 7) is 3.85. The first-order valence-corrected chi connectivity index (χ1v) is 7.33. The molecule has 2 aromatic carbocycles. The third-order valence-corrected chi connectivity index (χ3v) is 3.40. The fourth-order valence-electron chi connectivity index (χ4n) is 2.29. The first-order valence-electron chi connectivity index (χ1n) is 7.33. The Morgan fingerprint density at radius 2 is 1.39 bits per heavy atom. The zero-order valence-corrected chi connectivity index (χ0v) is 13.8. The monoisotopic (exact) mass is 311 g/mol. The van der Waals surface area contributed by atoms with Crippen LogP contribution in [0.2, 0.25) is 0 Å². The molecule has 0 saturated carbocycles. The summed E-state index contributed by atoms with van der Waals surface area (Å²) in [5, 5.41) is 0. The van der Waals surface area contributed by atoms with Gasteiger partial charge in [0.05, 0.1) is 0 Å². The minimum atomic E-state index is -0.355. The van der Waals surface area contributed by atoms with Crippen molar-refractivity contribution in [3.63, 3.8) is 0 Å². The van der Waals surface area contributed by atoms with E-state index in [1.165, 1.54) is 0 Å². The summed E-state index contributed by atoms with van der Waals surface area (Å²) in [6.07, 6.45) is 0. The largest absolute Gasteiger partial charge is 0.378 e. The van der Waals surface area contributed by atoms with Crippen molar-refractivity contribution in [2.75, 3.05) is 19.0 Å². The maximum Gasteiger partial charge on any atom is 0.269 e. The summed E-state index contributed by atoms with van der Waals surface area (Å²) < 4.78 is 0. The number of carbonyl (C=O) groups excluding carboxylic acids is 2. The van der Waals surface area contributed by atoms with Gasteiger partial charge in [-0.2, -0.15) is 0 Å². The Hall–Kier alpha value is -2.82. The molecule has 0 radical (unpaired) electrons. The number of nitrogens with one attached hydrogen (secondary N) is 2. The molecule has 0 bridgehead atoms. The second-order valence-corrected chi connectivity index (χ2v) is 5.73. The van der Waals surface area contributed by atoms with Crippen molar-refractivity contribution in [2.24, 2.45) is 0 Å². The van der Waals surface area contributed by atoms with E-state index in [-0.39, 0.29) is 11.8 Å². The number of aryl methyl sites for hydroxylation is 2. The molecule has 0 aromatic heterocycles. The molecule has 0 fully saturated rings. The normalized spacial score (nSPS) is 10.1. The highest BCUT2D eigenvalue weighted by molar-refractivity contribution is 5.99. The first-order chi connectivity index (χ1) is 10.9. The Balaban J connectivity index is 2.04. The van der Waals surface area contributed by atoms with Crippen LogP contribution in [0.5, 0.6) is 0 Å². The van der Waals surface area contributed by atoms with Gasteiger partial charge in [-0.1, -0.05) is 23.3 Å². The van der Waals surface area contributed by atoms with Gasteiger partial charge >= 0.3 is 0 Å². The van der Waals surface area contributed by atoms with E-state index in [9.17, 15) is 9.59 Å². The topological polar surface area (TPSA) is 61.4 Å². The van der Waals surface area contributed by atoms with Gasteiger partial charge in [-0.15, -0.1) is 0 Å². The second kappa shape index (κ2) is 6.96. The van der Waals surface area contributed by atoms with Gasteiger partial charge in [0.15, 0.2) is 0 Å². The summed E-state index contributed by atoms with van der Waals surface area (Å²) in [6, 6.07) is 12.7. The van der Waals surface area contributed by atoms with Crippen LogP contribution in [-0.4, -0.2) is 25.9 Å². The number of hydrogen-bond acceptors (Lipinski definition) is 3. The smallest absolute Gasteiger partial charge is 0.269 e. The van der Waals surface area contributed by atoms with Gasteiger partial charge in [0.2, 0.25) is 0 Å². The maximum atomic E-state index is 12.1. The van der Waals surface area contributed by atoms with Gasteiger partial charge in [-0.05, 0) is 44.2 Å². The summed E-state index contributed by atoms with van der Waals surface area (Å²) in [7, 11) is 3.80.